The van der Waals surface area contributed by atoms with Gasteiger partial charge in [-0.25, -0.2) is 0 Å². The summed E-state index contributed by atoms with van der Waals surface area (Å²) < 4.78 is 11.2. The van der Waals surface area contributed by atoms with E-state index in [4.69, 9.17) is 9.47 Å². The molecule has 0 saturated carbocycles. The van der Waals surface area contributed by atoms with Crippen LogP contribution < -0.4 is 0 Å². The van der Waals surface area contributed by atoms with Crippen LogP contribution in [-0.2, 0) is 16.1 Å². The molecule has 1 aromatic heterocycles. The molecule has 2 heterocycles. The van der Waals surface area contributed by atoms with Gasteiger partial charge in [-0.15, -0.1) is 0 Å². The van der Waals surface area contributed by atoms with Gasteiger partial charge < -0.3 is 14.5 Å². The molecule has 1 aliphatic heterocycles. The molecule has 0 radical (unpaired) electrons. The zero-order chi connectivity index (χ0) is 15.8. The third-order valence-electron chi connectivity index (χ3n) is 4.32. The standard InChI is InChI=1S/C18H17NO4/c20-17-12-5-1-2-6-13(12)18(21)16-14(17)9-11(19-16)10-23-15-7-3-4-8-22-15/h1-2,5-6,9,15,19H,3-4,7-8,10H2. The molecule has 0 bridgehead atoms. The van der Waals surface area contributed by atoms with Gasteiger partial charge in [0.1, 0.15) is 0 Å². The van der Waals surface area contributed by atoms with Crippen LogP contribution in [0.25, 0.3) is 0 Å². The molecular formula is C18H17NO4. The molecule has 0 spiro atoms. The summed E-state index contributed by atoms with van der Waals surface area (Å²) in [4.78, 5) is 28.1. The first-order valence-corrected chi connectivity index (χ1v) is 7.87. The third kappa shape index (κ3) is 2.52. The van der Waals surface area contributed by atoms with Gasteiger partial charge in [-0.05, 0) is 25.3 Å². The Morgan fingerprint density at radius 3 is 2.61 bits per heavy atom. The molecule has 1 atom stereocenters. The maximum Gasteiger partial charge on any atom is 0.210 e. The van der Waals surface area contributed by atoms with Gasteiger partial charge in [0.05, 0.1) is 17.9 Å². The van der Waals surface area contributed by atoms with Crippen LogP contribution in [-0.4, -0.2) is 29.4 Å². The molecule has 1 aromatic carbocycles. The van der Waals surface area contributed by atoms with Gasteiger partial charge in [-0.1, -0.05) is 24.3 Å². The number of ketones is 2. The van der Waals surface area contributed by atoms with Crippen LogP contribution in [0, 0.1) is 0 Å². The molecule has 0 amide bonds. The van der Waals surface area contributed by atoms with Crippen LogP contribution in [0.15, 0.2) is 30.3 Å². The van der Waals surface area contributed by atoms with E-state index in [2.05, 4.69) is 4.98 Å². The molecule has 118 valence electrons. The number of fused-ring (bicyclic) bond motifs is 2. The summed E-state index contributed by atoms with van der Waals surface area (Å²) in [7, 11) is 0. The Hall–Kier alpha value is -2.24. The summed E-state index contributed by atoms with van der Waals surface area (Å²) in [6.07, 6.45) is 2.84. The fourth-order valence-corrected chi connectivity index (χ4v) is 3.13. The molecule has 1 saturated heterocycles. The number of aromatic amines is 1. The molecule has 4 rings (SSSR count). The average Bonchev–Trinajstić information content (AvgIpc) is 3.04. The molecule has 5 heteroatoms. The molecular weight excluding hydrogens is 294 g/mol. The topological polar surface area (TPSA) is 68.4 Å². The van der Waals surface area contributed by atoms with Crippen molar-refractivity contribution in [3.8, 4) is 0 Å². The van der Waals surface area contributed by atoms with Crippen molar-refractivity contribution in [3.05, 3.63) is 58.4 Å². The lowest BCUT2D eigenvalue weighted by Gasteiger charge is -2.22. The highest BCUT2D eigenvalue weighted by Crippen LogP contribution is 2.28. The number of carbonyl (C=O) groups excluding carboxylic acids is 2. The van der Waals surface area contributed by atoms with E-state index in [9.17, 15) is 9.59 Å². The van der Waals surface area contributed by atoms with E-state index in [1.54, 1.807) is 30.3 Å². The van der Waals surface area contributed by atoms with Crippen molar-refractivity contribution in [3.63, 3.8) is 0 Å². The second-order valence-electron chi connectivity index (χ2n) is 5.89. The van der Waals surface area contributed by atoms with Crippen LogP contribution in [0.3, 0.4) is 0 Å². The van der Waals surface area contributed by atoms with E-state index in [1.165, 1.54) is 0 Å². The molecule has 1 unspecified atom stereocenters. The lowest BCUT2D eigenvalue weighted by molar-refractivity contribution is -0.169. The highest BCUT2D eigenvalue weighted by atomic mass is 16.7. The molecule has 2 aliphatic rings. The zero-order valence-electron chi connectivity index (χ0n) is 12.6. The van der Waals surface area contributed by atoms with Crippen LogP contribution in [0.2, 0.25) is 0 Å². The second kappa shape index (κ2) is 5.76. The molecule has 2 aromatic rings. The van der Waals surface area contributed by atoms with Crippen molar-refractivity contribution < 1.29 is 19.1 Å². The minimum absolute atomic E-state index is 0.119. The highest BCUT2D eigenvalue weighted by Gasteiger charge is 2.31. The summed E-state index contributed by atoms with van der Waals surface area (Å²) >= 11 is 0. The largest absolute Gasteiger partial charge is 0.353 e. The molecule has 5 nitrogen and oxygen atoms in total. The number of hydrogen-bond donors (Lipinski definition) is 1. The Kier molecular flexibility index (Phi) is 3.59. The molecule has 1 aliphatic carbocycles. The van der Waals surface area contributed by atoms with Crippen molar-refractivity contribution >= 4 is 11.6 Å². The maximum atomic E-state index is 12.5. The first kappa shape index (κ1) is 14.4. The van der Waals surface area contributed by atoms with Crippen molar-refractivity contribution in [2.45, 2.75) is 32.2 Å². The lowest BCUT2D eigenvalue weighted by atomic mass is 9.88. The fourth-order valence-electron chi connectivity index (χ4n) is 3.13. The van der Waals surface area contributed by atoms with Crippen molar-refractivity contribution in [1.29, 1.82) is 0 Å². The SMILES string of the molecule is O=C1c2ccccc2C(=O)c2[nH]c(COC3CCCCO3)cc21. The number of benzene rings is 1. The number of aromatic nitrogens is 1. The predicted molar refractivity (Wildman–Crippen MR) is 82.5 cm³/mol. The second-order valence-corrected chi connectivity index (χ2v) is 5.89. The van der Waals surface area contributed by atoms with Crippen LogP contribution in [0.4, 0.5) is 0 Å². The van der Waals surface area contributed by atoms with E-state index >= 15 is 0 Å². The summed E-state index contributed by atoms with van der Waals surface area (Å²) in [5.74, 6) is -0.262. The van der Waals surface area contributed by atoms with Gasteiger partial charge >= 0.3 is 0 Å². The van der Waals surface area contributed by atoms with Gasteiger partial charge in [0.25, 0.3) is 0 Å². The average molecular weight is 311 g/mol. The van der Waals surface area contributed by atoms with Crippen molar-refractivity contribution in [2.24, 2.45) is 0 Å². The van der Waals surface area contributed by atoms with Crippen molar-refractivity contribution in [2.75, 3.05) is 6.61 Å². The van der Waals surface area contributed by atoms with Gasteiger partial charge in [0, 0.05) is 23.4 Å². The zero-order valence-corrected chi connectivity index (χ0v) is 12.6. The van der Waals surface area contributed by atoms with E-state index in [0.717, 1.165) is 31.6 Å². The number of hydrogen-bond acceptors (Lipinski definition) is 4. The summed E-state index contributed by atoms with van der Waals surface area (Å²) in [6.45, 7) is 1.02. The summed E-state index contributed by atoms with van der Waals surface area (Å²) in [6, 6.07) is 8.63. The van der Waals surface area contributed by atoms with E-state index < -0.39 is 0 Å². The summed E-state index contributed by atoms with van der Waals surface area (Å²) in [5.41, 5.74) is 2.43. The monoisotopic (exact) mass is 311 g/mol. The number of nitrogens with one attached hydrogen (secondary N) is 1. The Morgan fingerprint density at radius 2 is 1.87 bits per heavy atom. The minimum Gasteiger partial charge on any atom is -0.353 e. The smallest absolute Gasteiger partial charge is 0.210 e. The quantitative estimate of drug-likeness (QED) is 0.807. The fraction of sp³-hybridized carbons (Fsp3) is 0.333. The number of rotatable bonds is 3. The Morgan fingerprint density at radius 1 is 1.09 bits per heavy atom. The van der Waals surface area contributed by atoms with Crippen LogP contribution in [0.1, 0.15) is 56.9 Å². The number of carbonyl (C=O) groups is 2. The summed E-state index contributed by atoms with van der Waals surface area (Å²) in [5, 5.41) is 0. The Bertz CT molecular complexity index is 719. The van der Waals surface area contributed by atoms with Crippen LogP contribution in [0.5, 0.6) is 0 Å². The van der Waals surface area contributed by atoms with E-state index in [0.29, 0.717) is 29.0 Å². The first-order chi connectivity index (χ1) is 11.2. The van der Waals surface area contributed by atoms with E-state index in [1.807, 2.05) is 0 Å². The lowest BCUT2D eigenvalue weighted by Crippen LogP contribution is -2.22. The molecule has 23 heavy (non-hydrogen) atoms. The van der Waals surface area contributed by atoms with Crippen molar-refractivity contribution in [1.82, 2.24) is 4.98 Å². The van der Waals surface area contributed by atoms with Gasteiger partial charge in [0.15, 0.2) is 12.1 Å². The Balaban J connectivity index is 1.57. The van der Waals surface area contributed by atoms with Gasteiger partial charge in [0.2, 0.25) is 5.78 Å². The predicted octanol–water partition coefficient (Wildman–Crippen LogP) is 2.83. The normalized spacial score (nSPS) is 20.3. The first-order valence-electron chi connectivity index (χ1n) is 7.87. The third-order valence-corrected chi connectivity index (χ3v) is 4.32. The highest BCUT2D eigenvalue weighted by molar-refractivity contribution is 6.27. The van der Waals surface area contributed by atoms with Gasteiger partial charge in [-0.2, -0.15) is 0 Å². The number of H-pyrrole nitrogens is 1. The number of ether oxygens (including phenoxy) is 2. The van der Waals surface area contributed by atoms with E-state index in [-0.39, 0.29) is 17.9 Å². The molecule has 1 N–H and O–H groups in total. The maximum absolute atomic E-state index is 12.5. The Labute approximate surface area is 133 Å². The van der Waals surface area contributed by atoms with Crippen LogP contribution >= 0.6 is 0 Å². The minimum atomic E-state index is -0.201. The molecule has 1 fully saturated rings. The van der Waals surface area contributed by atoms with Gasteiger partial charge in [-0.3, -0.25) is 9.59 Å².